The quantitative estimate of drug-likeness (QED) is 0.249. The van der Waals surface area contributed by atoms with E-state index in [4.69, 9.17) is 11.6 Å². The fourth-order valence-electron chi connectivity index (χ4n) is 3.16. The highest BCUT2D eigenvalue weighted by Crippen LogP contribution is 2.41. The van der Waals surface area contributed by atoms with Crippen molar-refractivity contribution in [1.82, 2.24) is 0 Å². The lowest BCUT2D eigenvalue weighted by Gasteiger charge is -2.14. The zero-order chi connectivity index (χ0) is 21.3. The predicted octanol–water partition coefficient (Wildman–Crippen LogP) is 8.49. The van der Waals surface area contributed by atoms with Crippen LogP contribution in [0.15, 0.2) is 48.5 Å². The fraction of sp³-hybridized carbons (Fsp3) is 0.182. The molecule has 0 aromatic heterocycles. The molecule has 3 aromatic rings. The van der Waals surface area contributed by atoms with E-state index in [2.05, 4.69) is 6.92 Å². The molecule has 0 aliphatic rings. The van der Waals surface area contributed by atoms with Gasteiger partial charge in [-0.15, -0.1) is 0 Å². The fourth-order valence-corrected chi connectivity index (χ4v) is 3.85. The molecule has 0 aliphatic heterocycles. The van der Waals surface area contributed by atoms with Crippen molar-refractivity contribution < 1.29 is 22.0 Å². The van der Waals surface area contributed by atoms with Gasteiger partial charge >= 0.3 is 4.83 Å². The molecular formula is C22H15BrClF5. The van der Waals surface area contributed by atoms with Gasteiger partial charge in [-0.1, -0.05) is 49.2 Å². The maximum atomic E-state index is 14.8. The molecule has 7 heteroatoms. The molecule has 29 heavy (non-hydrogen) atoms. The first-order chi connectivity index (χ1) is 13.6. The molecule has 0 fully saturated rings. The molecule has 0 atom stereocenters. The van der Waals surface area contributed by atoms with Crippen LogP contribution in [0.2, 0.25) is 5.02 Å². The third-order valence-corrected chi connectivity index (χ3v) is 5.18. The molecule has 0 amide bonds. The number of aryl methyl sites for hydroxylation is 1. The van der Waals surface area contributed by atoms with Gasteiger partial charge in [-0.25, -0.2) is 13.2 Å². The van der Waals surface area contributed by atoms with E-state index in [0.29, 0.717) is 17.7 Å². The molecule has 3 rings (SSSR count). The number of benzene rings is 3. The van der Waals surface area contributed by atoms with E-state index in [9.17, 15) is 22.0 Å². The molecule has 0 heterocycles. The van der Waals surface area contributed by atoms with E-state index < -0.39 is 27.8 Å². The lowest BCUT2D eigenvalue weighted by Crippen LogP contribution is -2.09. The smallest absolute Gasteiger partial charge is 0.206 e. The third-order valence-electron chi connectivity index (χ3n) is 4.48. The topological polar surface area (TPSA) is 0 Å². The Bertz CT molecular complexity index is 996. The molecule has 152 valence electrons. The largest absolute Gasteiger partial charge is 0.332 e. The number of halogens is 7. The highest BCUT2D eigenvalue weighted by Gasteiger charge is 2.35. The summed E-state index contributed by atoms with van der Waals surface area (Å²) in [6, 6.07) is 11.5. The van der Waals surface area contributed by atoms with E-state index in [0.717, 1.165) is 24.0 Å². The summed E-state index contributed by atoms with van der Waals surface area (Å²) in [4.78, 5) is -3.89. The van der Waals surface area contributed by atoms with Gasteiger partial charge in [0, 0.05) is 5.56 Å². The Morgan fingerprint density at radius 3 is 1.86 bits per heavy atom. The van der Waals surface area contributed by atoms with Crippen molar-refractivity contribution in [2.24, 2.45) is 0 Å². The average Bonchev–Trinajstić information content (AvgIpc) is 2.60. The highest BCUT2D eigenvalue weighted by atomic mass is 79.9. The molecule has 0 saturated heterocycles. The van der Waals surface area contributed by atoms with Gasteiger partial charge in [0.15, 0.2) is 0 Å². The second kappa shape index (κ2) is 8.44. The van der Waals surface area contributed by atoms with Gasteiger partial charge in [0.1, 0.15) is 23.0 Å². The first-order valence-electron chi connectivity index (χ1n) is 8.76. The maximum Gasteiger partial charge on any atom is 0.332 e. The Kier molecular flexibility index (Phi) is 6.34. The Morgan fingerprint density at radius 1 is 0.828 bits per heavy atom. The van der Waals surface area contributed by atoms with Gasteiger partial charge in [-0.2, -0.15) is 8.78 Å². The minimum atomic E-state index is -3.89. The summed E-state index contributed by atoms with van der Waals surface area (Å²) >= 11 is 8.13. The molecule has 0 spiro atoms. The molecule has 0 radical (unpaired) electrons. The van der Waals surface area contributed by atoms with Crippen LogP contribution >= 0.6 is 27.5 Å². The van der Waals surface area contributed by atoms with Crippen LogP contribution in [-0.4, -0.2) is 0 Å². The lowest BCUT2D eigenvalue weighted by atomic mass is 9.97. The Labute approximate surface area is 178 Å². The lowest BCUT2D eigenvalue weighted by molar-refractivity contribution is 0.105. The normalized spacial score (nSPS) is 11.7. The Morgan fingerprint density at radius 2 is 1.38 bits per heavy atom. The van der Waals surface area contributed by atoms with Gasteiger partial charge in [0.25, 0.3) is 0 Å². The molecule has 0 aliphatic carbocycles. The van der Waals surface area contributed by atoms with Gasteiger partial charge in [0.2, 0.25) is 0 Å². The van der Waals surface area contributed by atoms with E-state index in [-0.39, 0.29) is 16.1 Å². The Balaban J connectivity index is 2.04. The van der Waals surface area contributed by atoms with Crippen LogP contribution in [0, 0.1) is 17.5 Å². The summed E-state index contributed by atoms with van der Waals surface area (Å²) in [5.74, 6) is -3.83. The van der Waals surface area contributed by atoms with Crippen LogP contribution in [0.25, 0.3) is 22.3 Å². The number of hydrogen-bond acceptors (Lipinski definition) is 0. The average molecular weight is 490 g/mol. The van der Waals surface area contributed by atoms with Gasteiger partial charge < -0.3 is 0 Å². The molecule has 0 saturated carbocycles. The molecule has 0 nitrogen and oxygen atoms in total. The van der Waals surface area contributed by atoms with Crippen LogP contribution in [0.5, 0.6) is 0 Å². The summed E-state index contributed by atoms with van der Waals surface area (Å²) in [6.45, 7) is 2.07. The van der Waals surface area contributed by atoms with Crippen molar-refractivity contribution in [2.45, 2.75) is 24.6 Å². The number of alkyl halides is 3. The van der Waals surface area contributed by atoms with E-state index in [1.54, 1.807) is 0 Å². The summed E-state index contributed by atoms with van der Waals surface area (Å²) in [6.07, 6.45) is 1.93. The second-order valence-electron chi connectivity index (χ2n) is 6.57. The predicted molar refractivity (Wildman–Crippen MR) is 109 cm³/mol. The molecule has 0 N–H and O–H groups in total. The van der Waals surface area contributed by atoms with E-state index >= 15 is 0 Å². The monoisotopic (exact) mass is 488 g/mol. The zero-order valence-electron chi connectivity index (χ0n) is 15.2. The van der Waals surface area contributed by atoms with E-state index in [1.807, 2.05) is 40.2 Å². The van der Waals surface area contributed by atoms with Crippen molar-refractivity contribution >= 4 is 27.5 Å². The van der Waals surface area contributed by atoms with Gasteiger partial charge in [-0.3, -0.25) is 0 Å². The van der Waals surface area contributed by atoms with Crippen LogP contribution in [0.1, 0.15) is 24.5 Å². The maximum absolute atomic E-state index is 14.8. The number of rotatable bonds is 5. The standard InChI is InChI=1S/C22H15BrClF5/c1-2-3-12-4-6-13(7-5-12)14-8-16(24)20(17(25)9-14)15-10-18(26)21(19(27)11-15)22(23,28)29/h4-11H,2-3H2,1H3. The van der Waals surface area contributed by atoms with Gasteiger partial charge in [0.05, 0.1) is 5.02 Å². The summed E-state index contributed by atoms with van der Waals surface area (Å²) in [5.41, 5.74) is 0.386. The van der Waals surface area contributed by atoms with Gasteiger partial charge in [-0.05, 0) is 68.9 Å². The molecule has 0 unspecified atom stereocenters. The number of hydrogen-bond donors (Lipinski definition) is 0. The minimum Gasteiger partial charge on any atom is -0.206 e. The SMILES string of the molecule is CCCc1ccc(-c2cc(F)c(-c3cc(F)c(C(F)(F)Br)c(F)c3)c(Cl)c2)cc1. The summed E-state index contributed by atoms with van der Waals surface area (Å²) in [7, 11) is 0. The van der Waals surface area contributed by atoms with Crippen LogP contribution in [0.4, 0.5) is 22.0 Å². The van der Waals surface area contributed by atoms with Crippen LogP contribution in [0.3, 0.4) is 0 Å². The molecule has 0 bridgehead atoms. The highest BCUT2D eigenvalue weighted by molar-refractivity contribution is 9.09. The summed E-state index contributed by atoms with van der Waals surface area (Å²) in [5, 5.41) is -0.0882. The minimum absolute atomic E-state index is 0.0882. The summed E-state index contributed by atoms with van der Waals surface area (Å²) < 4.78 is 69.6. The molecular weight excluding hydrogens is 475 g/mol. The first-order valence-corrected chi connectivity index (χ1v) is 9.94. The Hall–Kier alpha value is -1.92. The van der Waals surface area contributed by atoms with Crippen molar-refractivity contribution in [3.63, 3.8) is 0 Å². The first kappa shape index (κ1) is 21.8. The van der Waals surface area contributed by atoms with Crippen molar-refractivity contribution in [3.05, 3.63) is 82.1 Å². The second-order valence-corrected chi connectivity index (χ2v) is 7.98. The van der Waals surface area contributed by atoms with Crippen LogP contribution < -0.4 is 0 Å². The van der Waals surface area contributed by atoms with E-state index in [1.165, 1.54) is 12.1 Å². The van der Waals surface area contributed by atoms with Crippen molar-refractivity contribution in [1.29, 1.82) is 0 Å². The van der Waals surface area contributed by atoms with Crippen molar-refractivity contribution in [2.75, 3.05) is 0 Å². The van der Waals surface area contributed by atoms with Crippen LogP contribution in [-0.2, 0) is 11.3 Å². The molecule has 3 aromatic carbocycles. The third kappa shape index (κ3) is 4.64. The zero-order valence-corrected chi connectivity index (χ0v) is 17.5. The van der Waals surface area contributed by atoms with Crippen molar-refractivity contribution in [3.8, 4) is 22.3 Å².